The molecule has 1 aromatic carbocycles. The van der Waals surface area contributed by atoms with E-state index >= 15 is 0 Å². The van der Waals surface area contributed by atoms with Crippen LogP contribution in [0.5, 0.6) is 0 Å². The molecule has 0 unspecified atom stereocenters. The fourth-order valence-electron chi connectivity index (χ4n) is 1.72. The van der Waals surface area contributed by atoms with Crippen LogP contribution < -0.4 is 10.9 Å². The molecule has 0 aliphatic heterocycles. The number of hydrazine groups is 1. The fourth-order valence-corrected chi connectivity index (χ4v) is 1.72. The van der Waals surface area contributed by atoms with Gasteiger partial charge in [-0.3, -0.25) is 20.4 Å². The van der Waals surface area contributed by atoms with Crippen LogP contribution in [0.2, 0.25) is 0 Å². The van der Waals surface area contributed by atoms with Gasteiger partial charge in [0.1, 0.15) is 0 Å². The Balaban J connectivity index is 2.54. The molecule has 0 aromatic heterocycles. The molecule has 0 radical (unpaired) electrons. The molecule has 4 heteroatoms. The molecule has 0 saturated carbocycles. The number of rotatable bonds is 4. The minimum atomic E-state index is -0.296. The summed E-state index contributed by atoms with van der Waals surface area (Å²) < 4.78 is 0. The number of benzene rings is 1. The van der Waals surface area contributed by atoms with Crippen LogP contribution in [-0.4, -0.2) is 11.8 Å². The lowest BCUT2D eigenvalue weighted by molar-refractivity contribution is -0.121. The molecule has 0 fully saturated rings. The maximum atomic E-state index is 11.9. The van der Waals surface area contributed by atoms with Crippen molar-refractivity contribution in [3.05, 3.63) is 35.4 Å². The summed E-state index contributed by atoms with van der Waals surface area (Å²) in [5, 5.41) is 0. The molecule has 110 valence electrons. The van der Waals surface area contributed by atoms with Crippen molar-refractivity contribution in [1.29, 1.82) is 0 Å². The van der Waals surface area contributed by atoms with Gasteiger partial charge in [0.2, 0.25) is 5.91 Å². The summed E-state index contributed by atoms with van der Waals surface area (Å²) >= 11 is 0. The van der Waals surface area contributed by atoms with Crippen molar-refractivity contribution in [2.24, 2.45) is 0 Å². The Bertz CT molecular complexity index is 458. The Morgan fingerprint density at radius 1 is 1.05 bits per heavy atom. The second-order valence-electron chi connectivity index (χ2n) is 5.93. The maximum absolute atomic E-state index is 11.9. The van der Waals surface area contributed by atoms with Crippen LogP contribution in [0, 0.1) is 0 Å². The van der Waals surface area contributed by atoms with E-state index in [-0.39, 0.29) is 17.2 Å². The average Bonchev–Trinajstić information content (AvgIpc) is 2.41. The number of amides is 2. The van der Waals surface area contributed by atoms with E-state index in [2.05, 4.69) is 31.6 Å². The monoisotopic (exact) mass is 276 g/mol. The van der Waals surface area contributed by atoms with Gasteiger partial charge in [-0.1, -0.05) is 46.2 Å². The Morgan fingerprint density at radius 2 is 1.65 bits per heavy atom. The lowest BCUT2D eigenvalue weighted by Crippen LogP contribution is -2.41. The van der Waals surface area contributed by atoms with Crippen molar-refractivity contribution in [2.45, 2.75) is 52.4 Å². The van der Waals surface area contributed by atoms with Crippen molar-refractivity contribution in [2.75, 3.05) is 0 Å². The van der Waals surface area contributed by atoms with Crippen molar-refractivity contribution < 1.29 is 9.59 Å². The highest BCUT2D eigenvalue weighted by molar-refractivity contribution is 5.95. The van der Waals surface area contributed by atoms with Crippen molar-refractivity contribution in [3.8, 4) is 0 Å². The van der Waals surface area contributed by atoms with Gasteiger partial charge in [0.05, 0.1) is 0 Å². The molecule has 0 heterocycles. The van der Waals surface area contributed by atoms with Gasteiger partial charge < -0.3 is 0 Å². The van der Waals surface area contributed by atoms with E-state index in [0.29, 0.717) is 12.0 Å². The molecule has 2 N–H and O–H groups in total. The third-order valence-electron chi connectivity index (χ3n) is 3.09. The van der Waals surface area contributed by atoms with E-state index < -0.39 is 0 Å². The zero-order valence-corrected chi connectivity index (χ0v) is 12.7. The minimum absolute atomic E-state index is 0.0589. The van der Waals surface area contributed by atoms with Gasteiger partial charge in [0, 0.05) is 12.0 Å². The van der Waals surface area contributed by atoms with Gasteiger partial charge in [0.25, 0.3) is 5.91 Å². The largest absolute Gasteiger partial charge is 0.273 e. The van der Waals surface area contributed by atoms with Gasteiger partial charge in [-0.05, 0) is 29.5 Å². The predicted octanol–water partition coefficient (Wildman–Crippen LogP) is 2.94. The number of nitrogens with one attached hydrogen (secondary N) is 2. The van der Waals surface area contributed by atoms with Gasteiger partial charge in [-0.15, -0.1) is 0 Å². The third kappa shape index (κ3) is 5.03. The summed E-state index contributed by atoms with van der Waals surface area (Å²) in [6, 6.07) is 7.42. The first-order valence-electron chi connectivity index (χ1n) is 7.04. The smallest absolute Gasteiger partial charge is 0.269 e. The van der Waals surface area contributed by atoms with Gasteiger partial charge in [-0.2, -0.15) is 0 Å². The van der Waals surface area contributed by atoms with Crippen LogP contribution in [-0.2, 0) is 10.2 Å². The van der Waals surface area contributed by atoms with Crippen molar-refractivity contribution >= 4 is 11.8 Å². The fraction of sp³-hybridized carbons (Fsp3) is 0.500. The molecule has 0 bridgehead atoms. The molecular weight excluding hydrogens is 252 g/mol. The summed E-state index contributed by atoms with van der Waals surface area (Å²) in [4.78, 5) is 23.3. The van der Waals surface area contributed by atoms with E-state index in [0.717, 1.165) is 12.8 Å². The van der Waals surface area contributed by atoms with Crippen molar-refractivity contribution in [1.82, 2.24) is 10.9 Å². The highest BCUT2D eigenvalue weighted by Crippen LogP contribution is 2.22. The second kappa shape index (κ2) is 7.08. The number of hydrogen-bond acceptors (Lipinski definition) is 2. The normalized spacial score (nSPS) is 11.0. The highest BCUT2D eigenvalue weighted by Gasteiger charge is 2.14. The Hall–Kier alpha value is -1.84. The Kier molecular flexibility index (Phi) is 5.74. The maximum Gasteiger partial charge on any atom is 0.269 e. The van der Waals surface area contributed by atoms with E-state index in [1.165, 1.54) is 5.56 Å². The highest BCUT2D eigenvalue weighted by atomic mass is 16.2. The molecule has 1 aromatic rings. The summed E-state index contributed by atoms with van der Waals surface area (Å²) in [7, 11) is 0. The first-order valence-corrected chi connectivity index (χ1v) is 7.04. The minimum Gasteiger partial charge on any atom is -0.273 e. The summed E-state index contributed by atoms with van der Waals surface area (Å²) in [6.07, 6.45) is 2.21. The van der Waals surface area contributed by atoms with Crippen LogP contribution in [0.15, 0.2) is 24.3 Å². The molecule has 0 saturated heterocycles. The lowest BCUT2D eigenvalue weighted by atomic mass is 9.87. The molecule has 0 spiro atoms. The van der Waals surface area contributed by atoms with E-state index in [1.54, 1.807) is 12.1 Å². The number of carbonyl (C=O) groups excluding carboxylic acids is 2. The SMILES string of the molecule is CCCCC(=O)NNC(=O)c1ccc(C(C)(C)C)cc1. The van der Waals surface area contributed by atoms with Crippen LogP contribution in [0.3, 0.4) is 0 Å². The summed E-state index contributed by atoms with van der Waals surface area (Å²) in [5.41, 5.74) is 6.61. The molecule has 0 aliphatic rings. The average molecular weight is 276 g/mol. The van der Waals surface area contributed by atoms with Crippen LogP contribution in [0.4, 0.5) is 0 Å². The number of hydrogen-bond donors (Lipinski definition) is 2. The third-order valence-corrected chi connectivity index (χ3v) is 3.09. The quantitative estimate of drug-likeness (QED) is 0.831. The molecular formula is C16H24N2O2. The van der Waals surface area contributed by atoms with Gasteiger partial charge in [0.15, 0.2) is 0 Å². The van der Waals surface area contributed by atoms with Gasteiger partial charge in [-0.25, -0.2) is 0 Å². The van der Waals surface area contributed by atoms with Crippen LogP contribution in [0.25, 0.3) is 0 Å². The molecule has 0 atom stereocenters. The summed E-state index contributed by atoms with van der Waals surface area (Å²) in [6.45, 7) is 8.38. The molecule has 1 rings (SSSR count). The topological polar surface area (TPSA) is 58.2 Å². The Morgan fingerprint density at radius 3 is 2.15 bits per heavy atom. The zero-order valence-electron chi connectivity index (χ0n) is 12.7. The molecule has 4 nitrogen and oxygen atoms in total. The van der Waals surface area contributed by atoms with Crippen LogP contribution in [0.1, 0.15) is 62.9 Å². The number of carbonyl (C=O) groups is 2. The van der Waals surface area contributed by atoms with E-state index in [4.69, 9.17) is 0 Å². The predicted molar refractivity (Wildman–Crippen MR) is 80.3 cm³/mol. The van der Waals surface area contributed by atoms with Crippen molar-refractivity contribution in [3.63, 3.8) is 0 Å². The number of unbranched alkanes of at least 4 members (excludes halogenated alkanes) is 1. The van der Waals surface area contributed by atoms with Gasteiger partial charge >= 0.3 is 0 Å². The molecule has 20 heavy (non-hydrogen) atoms. The van der Waals surface area contributed by atoms with E-state index in [1.807, 2.05) is 19.1 Å². The van der Waals surface area contributed by atoms with Crippen LogP contribution >= 0.6 is 0 Å². The Labute approximate surface area is 120 Å². The van der Waals surface area contributed by atoms with E-state index in [9.17, 15) is 9.59 Å². The second-order valence-corrected chi connectivity index (χ2v) is 5.93. The zero-order chi connectivity index (χ0) is 15.2. The summed E-state index contributed by atoms with van der Waals surface area (Å²) in [5.74, 6) is -0.457. The standard InChI is InChI=1S/C16H24N2O2/c1-5-6-7-14(19)17-18-15(20)12-8-10-13(11-9-12)16(2,3)4/h8-11H,5-7H2,1-4H3,(H,17,19)(H,18,20). The molecule has 0 aliphatic carbocycles. The first-order chi connectivity index (χ1) is 9.34. The first kappa shape index (κ1) is 16.2. The lowest BCUT2D eigenvalue weighted by Gasteiger charge is -2.19. The molecule has 2 amide bonds.